The third kappa shape index (κ3) is 3.01. The molecule has 0 aromatic carbocycles. The smallest absolute Gasteiger partial charge is 0.0624 e. The van der Waals surface area contributed by atoms with Crippen molar-refractivity contribution >= 4 is 0 Å². The standard InChI is InChI=1S/C15H22N4/c1-5-12-8-13(19(4)18-12)9-15(16-3)14-6-7-17-10-11(14)2/h6-8,10,15-16H,5,9H2,1-4H3. The molecule has 1 N–H and O–H groups in total. The summed E-state index contributed by atoms with van der Waals surface area (Å²) in [5.41, 5.74) is 4.93. The molecule has 2 rings (SSSR count). The molecule has 102 valence electrons. The Morgan fingerprint density at radius 3 is 2.79 bits per heavy atom. The minimum atomic E-state index is 0.295. The van der Waals surface area contributed by atoms with E-state index >= 15 is 0 Å². The summed E-state index contributed by atoms with van der Waals surface area (Å²) in [7, 11) is 4.02. The van der Waals surface area contributed by atoms with Gasteiger partial charge in [-0.3, -0.25) is 9.67 Å². The van der Waals surface area contributed by atoms with Crippen LogP contribution in [0.5, 0.6) is 0 Å². The van der Waals surface area contributed by atoms with Crippen LogP contribution in [0.3, 0.4) is 0 Å². The van der Waals surface area contributed by atoms with E-state index in [2.05, 4.69) is 41.4 Å². The van der Waals surface area contributed by atoms with Gasteiger partial charge < -0.3 is 5.32 Å². The normalized spacial score (nSPS) is 12.6. The zero-order valence-electron chi connectivity index (χ0n) is 12.1. The van der Waals surface area contributed by atoms with Gasteiger partial charge in [-0.2, -0.15) is 5.10 Å². The maximum absolute atomic E-state index is 4.51. The maximum atomic E-state index is 4.51. The fourth-order valence-corrected chi connectivity index (χ4v) is 2.39. The predicted octanol–water partition coefficient (Wildman–Crippen LogP) is 2.19. The molecular formula is C15H22N4. The van der Waals surface area contributed by atoms with Crippen LogP contribution >= 0.6 is 0 Å². The number of hydrogen-bond donors (Lipinski definition) is 1. The molecule has 0 spiro atoms. The van der Waals surface area contributed by atoms with Gasteiger partial charge in [0, 0.05) is 37.6 Å². The quantitative estimate of drug-likeness (QED) is 0.894. The first-order chi connectivity index (χ1) is 9.15. The zero-order valence-corrected chi connectivity index (χ0v) is 12.1. The fraction of sp³-hybridized carbons (Fsp3) is 0.467. The molecule has 0 fully saturated rings. The Morgan fingerprint density at radius 2 is 2.21 bits per heavy atom. The van der Waals surface area contributed by atoms with Gasteiger partial charge in [-0.1, -0.05) is 6.92 Å². The van der Waals surface area contributed by atoms with Gasteiger partial charge in [0.05, 0.1) is 5.69 Å². The van der Waals surface area contributed by atoms with Gasteiger partial charge in [0.2, 0.25) is 0 Å². The van der Waals surface area contributed by atoms with E-state index in [1.54, 1.807) is 0 Å². The summed E-state index contributed by atoms with van der Waals surface area (Å²) >= 11 is 0. The Kier molecular flexibility index (Phi) is 4.32. The third-order valence-corrected chi connectivity index (χ3v) is 3.59. The average molecular weight is 258 g/mol. The molecule has 2 aromatic rings. The van der Waals surface area contributed by atoms with E-state index in [1.807, 2.05) is 31.2 Å². The van der Waals surface area contributed by atoms with Crippen LogP contribution in [0, 0.1) is 6.92 Å². The lowest BCUT2D eigenvalue weighted by molar-refractivity contribution is 0.558. The van der Waals surface area contributed by atoms with Crippen LogP contribution in [0.15, 0.2) is 24.5 Å². The van der Waals surface area contributed by atoms with Crippen LogP contribution < -0.4 is 5.32 Å². The van der Waals surface area contributed by atoms with Gasteiger partial charge in [0.1, 0.15) is 0 Å². The molecule has 0 saturated carbocycles. The SMILES string of the molecule is CCc1cc(CC(NC)c2ccncc2C)n(C)n1. The summed E-state index contributed by atoms with van der Waals surface area (Å²) in [5.74, 6) is 0. The summed E-state index contributed by atoms with van der Waals surface area (Å²) in [5, 5.41) is 7.90. The van der Waals surface area contributed by atoms with E-state index in [0.29, 0.717) is 6.04 Å². The number of aromatic nitrogens is 3. The minimum absolute atomic E-state index is 0.295. The van der Waals surface area contributed by atoms with Gasteiger partial charge in [-0.15, -0.1) is 0 Å². The number of hydrogen-bond acceptors (Lipinski definition) is 3. The van der Waals surface area contributed by atoms with Crippen molar-refractivity contribution in [1.82, 2.24) is 20.1 Å². The molecular weight excluding hydrogens is 236 g/mol. The molecule has 4 heteroatoms. The lowest BCUT2D eigenvalue weighted by Gasteiger charge is -2.18. The van der Waals surface area contributed by atoms with Crippen molar-refractivity contribution in [3.63, 3.8) is 0 Å². The molecule has 1 unspecified atom stereocenters. The molecule has 1 atom stereocenters. The third-order valence-electron chi connectivity index (χ3n) is 3.59. The van der Waals surface area contributed by atoms with Crippen molar-refractivity contribution < 1.29 is 0 Å². The van der Waals surface area contributed by atoms with E-state index in [0.717, 1.165) is 18.5 Å². The lowest BCUT2D eigenvalue weighted by atomic mass is 9.99. The Balaban J connectivity index is 2.24. The highest BCUT2D eigenvalue weighted by Gasteiger charge is 2.15. The van der Waals surface area contributed by atoms with Crippen LogP contribution in [0.1, 0.15) is 35.5 Å². The predicted molar refractivity (Wildman–Crippen MR) is 77.1 cm³/mol. The summed E-state index contributed by atoms with van der Waals surface area (Å²) in [6.07, 6.45) is 5.69. The van der Waals surface area contributed by atoms with E-state index in [1.165, 1.54) is 16.8 Å². The molecule has 0 bridgehead atoms. The van der Waals surface area contributed by atoms with Crippen LogP contribution in [0.4, 0.5) is 0 Å². The minimum Gasteiger partial charge on any atom is -0.313 e. The molecule has 4 nitrogen and oxygen atoms in total. The molecule has 0 aliphatic carbocycles. The first-order valence-electron chi connectivity index (χ1n) is 6.75. The Hall–Kier alpha value is -1.68. The Labute approximate surface area is 114 Å². The van der Waals surface area contributed by atoms with Gasteiger partial charge in [0.15, 0.2) is 0 Å². The number of rotatable bonds is 5. The lowest BCUT2D eigenvalue weighted by Crippen LogP contribution is -2.21. The monoisotopic (exact) mass is 258 g/mol. The second-order valence-corrected chi connectivity index (χ2v) is 4.88. The van der Waals surface area contributed by atoms with E-state index in [9.17, 15) is 0 Å². The Morgan fingerprint density at radius 1 is 1.42 bits per heavy atom. The molecule has 2 aromatic heterocycles. The molecule has 0 aliphatic heterocycles. The highest BCUT2D eigenvalue weighted by atomic mass is 15.3. The van der Waals surface area contributed by atoms with Gasteiger partial charge in [0.25, 0.3) is 0 Å². The summed E-state index contributed by atoms with van der Waals surface area (Å²) in [6, 6.07) is 4.58. The van der Waals surface area contributed by atoms with E-state index in [-0.39, 0.29) is 0 Å². The fourth-order valence-electron chi connectivity index (χ4n) is 2.39. The highest BCUT2D eigenvalue weighted by Crippen LogP contribution is 2.21. The van der Waals surface area contributed by atoms with Crippen molar-refractivity contribution in [3.8, 4) is 0 Å². The van der Waals surface area contributed by atoms with Crippen molar-refractivity contribution in [2.45, 2.75) is 32.7 Å². The van der Waals surface area contributed by atoms with E-state index < -0.39 is 0 Å². The Bertz CT molecular complexity index is 545. The molecule has 0 radical (unpaired) electrons. The maximum Gasteiger partial charge on any atom is 0.0624 e. The largest absolute Gasteiger partial charge is 0.313 e. The summed E-state index contributed by atoms with van der Waals surface area (Å²) < 4.78 is 1.99. The van der Waals surface area contributed by atoms with Gasteiger partial charge >= 0.3 is 0 Å². The van der Waals surface area contributed by atoms with Crippen LogP contribution in [0.25, 0.3) is 0 Å². The molecule has 0 aliphatic rings. The van der Waals surface area contributed by atoms with Crippen molar-refractivity contribution in [1.29, 1.82) is 0 Å². The zero-order chi connectivity index (χ0) is 13.8. The van der Waals surface area contributed by atoms with E-state index in [4.69, 9.17) is 0 Å². The van der Waals surface area contributed by atoms with Crippen molar-refractivity contribution in [2.24, 2.45) is 7.05 Å². The molecule has 2 heterocycles. The number of aryl methyl sites for hydroxylation is 3. The molecule has 0 saturated heterocycles. The first kappa shape index (κ1) is 13.7. The topological polar surface area (TPSA) is 42.7 Å². The van der Waals surface area contributed by atoms with Crippen LogP contribution in [-0.4, -0.2) is 21.8 Å². The van der Waals surface area contributed by atoms with Crippen molar-refractivity contribution in [3.05, 3.63) is 47.0 Å². The van der Waals surface area contributed by atoms with Gasteiger partial charge in [-0.05, 0) is 43.7 Å². The second kappa shape index (κ2) is 5.97. The summed E-state index contributed by atoms with van der Waals surface area (Å²) in [4.78, 5) is 4.16. The summed E-state index contributed by atoms with van der Waals surface area (Å²) in [6.45, 7) is 4.24. The number of pyridine rings is 1. The number of likely N-dealkylation sites (N-methyl/N-ethyl adjacent to an activating group) is 1. The van der Waals surface area contributed by atoms with Gasteiger partial charge in [-0.25, -0.2) is 0 Å². The van der Waals surface area contributed by atoms with Crippen molar-refractivity contribution in [2.75, 3.05) is 7.05 Å². The van der Waals surface area contributed by atoms with Crippen LogP contribution in [0.2, 0.25) is 0 Å². The molecule has 19 heavy (non-hydrogen) atoms. The number of nitrogens with zero attached hydrogens (tertiary/aromatic N) is 3. The van der Waals surface area contributed by atoms with Crippen LogP contribution in [-0.2, 0) is 19.9 Å². The average Bonchev–Trinajstić information content (AvgIpc) is 2.77. The number of nitrogens with one attached hydrogen (secondary N) is 1. The first-order valence-corrected chi connectivity index (χ1v) is 6.75. The molecule has 0 amide bonds. The highest BCUT2D eigenvalue weighted by molar-refractivity contribution is 5.27. The second-order valence-electron chi connectivity index (χ2n) is 4.88.